The standard InChI is InChI=1S/C12H17BrFNO/c1-12(2,3-4-16)15-8-9-5-10(13)7-11(14)6-9/h5-7,15-16H,3-4,8H2,1-2H3. The fourth-order valence-electron chi connectivity index (χ4n) is 1.42. The summed E-state index contributed by atoms with van der Waals surface area (Å²) in [6.07, 6.45) is 0.670. The minimum atomic E-state index is -0.244. The Morgan fingerprint density at radius 1 is 1.38 bits per heavy atom. The highest BCUT2D eigenvalue weighted by molar-refractivity contribution is 9.10. The molecule has 0 aliphatic carbocycles. The molecule has 0 bridgehead atoms. The molecule has 0 aliphatic rings. The second kappa shape index (κ2) is 5.75. The number of halogens is 2. The average molecular weight is 290 g/mol. The molecule has 0 aliphatic heterocycles. The van der Waals surface area contributed by atoms with Gasteiger partial charge in [0, 0.05) is 23.2 Å². The second-order valence-corrected chi connectivity index (χ2v) is 5.40. The van der Waals surface area contributed by atoms with Gasteiger partial charge in [-0.1, -0.05) is 15.9 Å². The van der Waals surface area contributed by atoms with Crippen LogP contribution in [0.15, 0.2) is 22.7 Å². The SMILES string of the molecule is CC(C)(CCO)NCc1cc(F)cc(Br)c1. The Kier molecular flexibility index (Phi) is 4.89. The third kappa shape index (κ3) is 4.60. The van der Waals surface area contributed by atoms with Gasteiger partial charge in [-0.15, -0.1) is 0 Å². The average Bonchev–Trinajstić information content (AvgIpc) is 2.13. The van der Waals surface area contributed by atoms with Crippen LogP contribution >= 0.6 is 15.9 Å². The quantitative estimate of drug-likeness (QED) is 0.874. The maximum atomic E-state index is 13.1. The van der Waals surface area contributed by atoms with Crippen LogP contribution in [0, 0.1) is 5.82 Å². The third-order valence-corrected chi connectivity index (χ3v) is 2.89. The fraction of sp³-hybridized carbons (Fsp3) is 0.500. The Bertz CT molecular complexity index is 335. The van der Waals surface area contributed by atoms with Crippen LogP contribution in [0.3, 0.4) is 0 Å². The summed E-state index contributed by atoms with van der Waals surface area (Å²) in [6, 6.07) is 4.82. The van der Waals surface area contributed by atoms with Gasteiger partial charge >= 0.3 is 0 Å². The molecule has 0 saturated heterocycles. The molecule has 0 unspecified atom stereocenters. The molecule has 0 fully saturated rings. The number of benzene rings is 1. The van der Waals surface area contributed by atoms with Gasteiger partial charge in [0.1, 0.15) is 5.82 Å². The lowest BCUT2D eigenvalue weighted by atomic mass is 10.0. The van der Waals surface area contributed by atoms with Crippen molar-refractivity contribution in [2.75, 3.05) is 6.61 Å². The highest BCUT2D eigenvalue weighted by Gasteiger charge is 2.15. The molecule has 2 N–H and O–H groups in total. The van der Waals surface area contributed by atoms with Crippen molar-refractivity contribution in [3.05, 3.63) is 34.1 Å². The van der Waals surface area contributed by atoms with E-state index < -0.39 is 0 Å². The monoisotopic (exact) mass is 289 g/mol. The van der Waals surface area contributed by atoms with Crippen molar-refractivity contribution >= 4 is 15.9 Å². The van der Waals surface area contributed by atoms with Crippen LogP contribution in [0.5, 0.6) is 0 Å². The van der Waals surface area contributed by atoms with Gasteiger partial charge in [0.2, 0.25) is 0 Å². The molecule has 4 heteroatoms. The van der Waals surface area contributed by atoms with E-state index in [4.69, 9.17) is 5.11 Å². The molecule has 90 valence electrons. The first kappa shape index (κ1) is 13.6. The van der Waals surface area contributed by atoms with E-state index in [1.807, 2.05) is 19.9 Å². The maximum absolute atomic E-state index is 13.1. The van der Waals surface area contributed by atoms with Gasteiger partial charge in [-0.2, -0.15) is 0 Å². The van der Waals surface area contributed by atoms with Crippen LogP contribution < -0.4 is 5.32 Å². The van der Waals surface area contributed by atoms with Crippen molar-refractivity contribution < 1.29 is 9.50 Å². The number of aliphatic hydroxyl groups excluding tert-OH is 1. The lowest BCUT2D eigenvalue weighted by molar-refractivity contribution is 0.230. The molecular formula is C12H17BrFNO. The van der Waals surface area contributed by atoms with Crippen LogP contribution in [0.2, 0.25) is 0 Å². The first-order chi connectivity index (χ1) is 7.43. The molecule has 0 heterocycles. The third-order valence-electron chi connectivity index (χ3n) is 2.43. The van der Waals surface area contributed by atoms with Crippen molar-refractivity contribution in [1.29, 1.82) is 0 Å². The first-order valence-electron chi connectivity index (χ1n) is 5.24. The molecule has 0 radical (unpaired) electrons. The number of rotatable bonds is 5. The molecule has 0 amide bonds. The summed E-state index contributed by atoms with van der Waals surface area (Å²) >= 11 is 3.26. The molecular weight excluding hydrogens is 273 g/mol. The zero-order chi connectivity index (χ0) is 12.2. The molecule has 1 rings (SSSR count). The summed E-state index contributed by atoms with van der Waals surface area (Å²) in [5.41, 5.74) is 0.742. The summed E-state index contributed by atoms with van der Waals surface area (Å²) in [6.45, 7) is 4.76. The lowest BCUT2D eigenvalue weighted by Gasteiger charge is -2.25. The number of hydrogen-bond donors (Lipinski definition) is 2. The van der Waals surface area contributed by atoms with E-state index in [0.29, 0.717) is 13.0 Å². The topological polar surface area (TPSA) is 32.3 Å². The lowest BCUT2D eigenvalue weighted by Crippen LogP contribution is -2.39. The fourth-order valence-corrected chi connectivity index (χ4v) is 1.93. The van der Waals surface area contributed by atoms with E-state index in [-0.39, 0.29) is 18.0 Å². The summed E-state index contributed by atoms with van der Waals surface area (Å²) in [5.74, 6) is -0.244. The van der Waals surface area contributed by atoms with E-state index in [2.05, 4.69) is 21.2 Å². The van der Waals surface area contributed by atoms with Crippen molar-refractivity contribution in [3.63, 3.8) is 0 Å². The zero-order valence-electron chi connectivity index (χ0n) is 9.56. The van der Waals surface area contributed by atoms with Crippen molar-refractivity contribution in [2.45, 2.75) is 32.4 Å². The molecule has 0 aromatic heterocycles. The van der Waals surface area contributed by atoms with Gasteiger partial charge in [0.05, 0.1) is 0 Å². The predicted molar refractivity (Wildman–Crippen MR) is 66.7 cm³/mol. The van der Waals surface area contributed by atoms with E-state index in [0.717, 1.165) is 10.0 Å². The van der Waals surface area contributed by atoms with E-state index >= 15 is 0 Å². The molecule has 0 spiro atoms. The molecule has 1 aromatic rings. The van der Waals surface area contributed by atoms with Gasteiger partial charge in [-0.25, -0.2) is 4.39 Å². The molecule has 0 saturated carbocycles. The summed E-state index contributed by atoms with van der Waals surface area (Å²) in [4.78, 5) is 0. The Hall–Kier alpha value is -0.450. The summed E-state index contributed by atoms with van der Waals surface area (Å²) in [5, 5.41) is 12.2. The van der Waals surface area contributed by atoms with Crippen molar-refractivity contribution in [3.8, 4) is 0 Å². The molecule has 16 heavy (non-hydrogen) atoms. The van der Waals surface area contributed by atoms with Crippen molar-refractivity contribution in [1.82, 2.24) is 5.32 Å². The van der Waals surface area contributed by atoms with E-state index in [1.54, 1.807) is 0 Å². The highest BCUT2D eigenvalue weighted by atomic mass is 79.9. The largest absolute Gasteiger partial charge is 0.396 e. The van der Waals surface area contributed by atoms with Crippen LogP contribution in [-0.4, -0.2) is 17.3 Å². The van der Waals surface area contributed by atoms with Gasteiger partial charge in [0.25, 0.3) is 0 Å². The van der Waals surface area contributed by atoms with Crippen LogP contribution in [0.25, 0.3) is 0 Å². The predicted octanol–water partition coefficient (Wildman–Crippen LogP) is 2.84. The summed E-state index contributed by atoms with van der Waals surface area (Å²) in [7, 11) is 0. The van der Waals surface area contributed by atoms with Crippen molar-refractivity contribution in [2.24, 2.45) is 0 Å². The highest BCUT2D eigenvalue weighted by Crippen LogP contribution is 2.16. The van der Waals surface area contributed by atoms with E-state index in [9.17, 15) is 4.39 Å². The number of hydrogen-bond acceptors (Lipinski definition) is 2. The Balaban J connectivity index is 2.60. The minimum Gasteiger partial charge on any atom is -0.396 e. The van der Waals surface area contributed by atoms with E-state index in [1.165, 1.54) is 12.1 Å². The molecule has 2 nitrogen and oxygen atoms in total. The first-order valence-corrected chi connectivity index (χ1v) is 6.03. The second-order valence-electron chi connectivity index (χ2n) is 4.49. The smallest absolute Gasteiger partial charge is 0.124 e. The van der Waals surface area contributed by atoms with Gasteiger partial charge < -0.3 is 10.4 Å². The Labute approximate surface area is 104 Å². The van der Waals surface area contributed by atoms with Gasteiger partial charge in [-0.05, 0) is 44.0 Å². The van der Waals surface area contributed by atoms with Gasteiger partial charge in [0.15, 0.2) is 0 Å². The maximum Gasteiger partial charge on any atom is 0.124 e. The normalized spacial score (nSPS) is 11.8. The Morgan fingerprint density at radius 3 is 2.62 bits per heavy atom. The Morgan fingerprint density at radius 2 is 2.06 bits per heavy atom. The number of nitrogens with one attached hydrogen (secondary N) is 1. The minimum absolute atomic E-state index is 0.145. The van der Waals surface area contributed by atoms with Crippen LogP contribution in [0.1, 0.15) is 25.8 Å². The molecule has 0 atom stereocenters. The molecule has 1 aromatic carbocycles. The van der Waals surface area contributed by atoms with Crippen LogP contribution in [-0.2, 0) is 6.54 Å². The number of aliphatic hydroxyl groups is 1. The van der Waals surface area contributed by atoms with Gasteiger partial charge in [-0.3, -0.25) is 0 Å². The summed E-state index contributed by atoms with van der Waals surface area (Å²) < 4.78 is 13.8. The van der Waals surface area contributed by atoms with Crippen LogP contribution in [0.4, 0.5) is 4.39 Å². The zero-order valence-corrected chi connectivity index (χ0v) is 11.1.